The summed E-state index contributed by atoms with van der Waals surface area (Å²) in [6, 6.07) is 4.68. The summed E-state index contributed by atoms with van der Waals surface area (Å²) in [5.74, 6) is 0.814. The topological polar surface area (TPSA) is 45.7 Å². The van der Waals surface area contributed by atoms with E-state index in [4.69, 9.17) is 9.72 Å². The van der Waals surface area contributed by atoms with Crippen molar-refractivity contribution >= 4 is 11.9 Å². The molecule has 1 aromatic heterocycles. The zero-order chi connectivity index (χ0) is 20.1. The number of likely N-dealkylation sites (tertiary alicyclic amines) is 1. The van der Waals surface area contributed by atoms with E-state index in [1.807, 2.05) is 37.9 Å². The van der Waals surface area contributed by atoms with Crippen molar-refractivity contribution in [1.82, 2.24) is 9.88 Å². The third kappa shape index (κ3) is 5.05. The second-order valence-electron chi connectivity index (χ2n) is 9.20. The fourth-order valence-electron chi connectivity index (χ4n) is 4.65. The zero-order valence-electron chi connectivity index (χ0n) is 18.1. The minimum atomic E-state index is -0.515. The van der Waals surface area contributed by atoms with Crippen LogP contribution in [-0.4, -0.2) is 40.7 Å². The third-order valence-corrected chi connectivity index (χ3v) is 5.95. The molecule has 1 atom stereocenters. The van der Waals surface area contributed by atoms with Crippen LogP contribution in [0.4, 0.5) is 10.6 Å². The minimum Gasteiger partial charge on any atom is -0.443 e. The molecule has 1 aromatic rings. The molecule has 5 heteroatoms. The average Bonchev–Trinajstić information content (AvgIpc) is 2.68. The molecule has 2 aliphatic rings. The lowest BCUT2D eigenvalue weighted by Gasteiger charge is -2.39. The summed E-state index contributed by atoms with van der Waals surface area (Å²) in [6.07, 6.45) is 10.8. The first-order chi connectivity index (χ1) is 13.4. The predicted molar refractivity (Wildman–Crippen MR) is 114 cm³/mol. The van der Waals surface area contributed by atoms with Crippen molar-refractivity contribution in [2.45, 2.75) is 96.7 Å². The molecule has 0 radical (unpaired) electrons. The van der Waals surface area contributed by atoms with E-state index in [0.717, 1.165) is 51.0 Å². The fourth-order valence-corrected chi connectivity index (χ4v) is 4.65. The van der Waals surface area contributed by atoms with Crippen LogP contribution in [0.3, 0.4) is 0 Å². The number of carbonyl (C=O) groups excluding carboxylic acids is 1. The molecule has 1 saturated heterocycles. The number of nitrogens with zero attached hydrogens (tertiary/aromatic N) is 3. The van der Waals surface area contributed by atoms with Crippen LogP contribution in [0, 0.1) is 0 Å². The Hall–Kier alpha value is -1.62. The van der Waals surface area contributed by atoms with Gasteiger partial charge >= 0.3 is 6.09 Å². The first-order valence-electron chi connectivity index (χ1n) is 11.1. The SMILES string of the molecule is CCN1CCCCC1c1cccnc1N(C(=O)OC(C)(C)C)C1CCCCC1. The van der Waals surface area contributed by atoms with Gasteiger partial charge in [0.25, 0.3) is 0 Å². The highest BCUT2D eigenvalue weighted by Crippen LogP contribution is 2.38. The maximum atomic E-state index is 13.3. The molecule has 156 valence electrons. The molecule has 28 heavy (non-hydrogen) atoms. The van der Waals surface area contributed by atoms with Crippen LogP contribution >= 0.6 is 0 Å². The number of pyridine rings is 1. The summed E-state index contributed by atoms with van der Waals surface area (Å²) in [5, 5.41) is 0. The second-order valence-corrected chi connectivity index (χ2v) is 9.20. The summed E-state index contributed by atoms with van der Waals surface area (Å²) in [5.41, 5.74) is 0.666. The van der Waals surface area contributed by atoms with Crippen LogP contribution < -0.4 is 4.90 Å². The minimum absolute atomic E-state index is 0.177. The number of amides is 1. The Labute approximate surface area is 170 Å². The first-order valence-corrected chi connectivity index (χ1v) is 11.1. The monoisotopic (exact) mass is 387 g/mol. The van der Waals surface area contributed by atoms with E-state index in [-0.39, 0.29) is 12.1 Å². The van der Waals surface area contributed by atoms with Gasteiger partial charge in [-0.1, -0.05) is 38.7 Å². The molecule has 1 unspecified atom stereocenters. The van der Waals surface area contributed by atoms with Crippen LogP contribution in [0.25, 0.3) is 0 Å². The molecule has 0 spiro atoms. The van der Waals surface area contributed by atoms with Gasteiger partial charge in [-0.05, 0) is 65.6 Å². The van der Waals surface area contributed by atoms with Crippen LogP contribution in [0.1, 0.15) is 90.7 Å². The number of piperidine rings is 1. The zero-order valence-corrected chi connectivity index (χ0v) is 18.1. The number of rotatable bonds is 4. The smallest absolute Gasteiger partial charge is 0.416 e. The van der Waals surface area contributed by atoms with E-state index in [0.29, 0.717) is 6.04 Å². The fraction of sp³-hybridized carbons (Fsp3) is 0.739. The van der Waals surface area contributed by atoms with Crippen molar-refractivity contribution in [2.75, 3.05) is 18.0 Å². The molecule has 3 rings (SSSR count). The van der Waals surface area contributed by atoms with Gasteiger partial charge in [-0.2, -0.15) is 0 Å². The van der Waals surface area contributed by atoms with Crippen molar-refractivity contribution in [1.29, 1.82) is 0 Å². The van der Waals surface area contributed by atoms with Crippen molar-refractivity contribution in [3.05, 3.63) is 23.9 Å². The standard InChI is InChI=1S/C23H37N3O2/c1-5-25-17-10-9-15-20(25)19-14-11-16-24-21(19)26(18-12-7-6-8-13-18)22(27)28-23(2,3)4/h11,14,16,18,20H,5-10,12-13,15,17H2,1-4H3. The Bertz CT molecular complexity index is 649. The maximum absolute atomic E-state index is 13.3. The molecule has 0 bridgehead atoms. The Balaban J connectivity index is 1.98. The van der Waals surface area contributed by atoms with Crippen LogP contribution in [0.2, 0.25) is 0 Å². The Morgan fingerprint density at radius 2 is 1.89 bits per heavy atom. The van der Waals surface area contributed by atoms with E-state index >= 15 is 0 Å². The Morgan fingerprint density at radius 1 is 1.18 bits per heavy atom. The van der Waals surface area contributed by atoms with E-state index in [1.165, 1.54) is 24.8 Å². The summed E-state index contributed by atoms with van der Waals surface area (Å²) in [7, 11) is 0. The number of hydrogen-bond donors (Lipinski definition) is 0. The normalized spacial score (nSPS) is 22.1. The molecule has 0 aromatic carbocycles. The van der Waals surface area contributed by atoms with E-state index < -0.39 is 5.60 Å². The maximum Gasteiger partial charge on any atom is 0.416 e. The van der Waals surface area contributed by atoms with Gasteiger partial charge in [-0.25, -0.2) is 9.78 Å². The van der Waals surface area contributed by atoms with Gasteiger partial charge in [0.15, 0.2) is 0 Å². The van der Waals surface area contributed by atoms with Crippen LogP contribution in [0.15, 0.2) is 18.3 Å². The molecule has 1 aliphatic carbocycles. The highest BCUT2D eigenvalue weighted by molar-refractivity contribution is 5.88. The van der Waals surface area contributed by atoms with Gasteiger partial charge in [0.05, 0.1) is 0 Å². The molecule has 2 heterocycles. The van der Waals surface area contributed by atoms with Gasteiger partial charge < -0.3 is 4.74 Å². The van der Waals surface area contributed by atoms with Gasteiger partial charge in [0, 0.05) is 23.8 Å². The number of hydrogen-bond acceptors (Lipinski definition) is 4. The molecule has 1 amide bonds. The quantitative estimate of drug-likeness (QED) is 0.664. The third-order valence-electron chi connectivity index (χ3n) is 5.95. The van der Waals surface area contributed by atoms with Crippen molar-refractivity contribution in [2.24, 2.45) is 0 Å². The molecule has 2 fully saturated rings. The molecule has 0 N–H and O–H groups in total. The largest absolute Gasteiger partial charge is 0.443 e. The van der Waals surface area contributed by atoms with Crippen molar-refractivity contribution in [3.8, 4) is 0 Å². The summed E-state index contributed by atoms with van der Waals surface area (Å²) >= 11 is 0. The average molecular weight is 388 g/mol. The van der Waals surface area contributed by atoms with Gasteiger partial charge in [-0.3, -0.25) is 9.80 Å². The molecule has 5 nitrogen and oxygen atoms in total. The Morgan fingerprint density at radius 3 is 2.57 bits per heavy atom. The number of anilines is 1. The first kappa shape index (κ1) is 21.1. The van der Waals surface area contributed by atoms with Gasteiger partial charge in [0.1, 0.15) is 11.4 Å². The van der Waals surface area contributed by atoms with Crippen molar-refractivity contribution in [3.63, 3.8) is 0 Å². The number of aromatic nitrogens is 1. The lowest BCUT2D eigenvalue weighted by Crippen LogP contribution is -2.46. The summed E-state index contributed by atoms with van der Waals surface area (Å²) in [6.45, 7) is 10.2. The highest BCUT2D eigenvalue weighted by Gasteiger charge is 2.35. The second kappa shape index (κ2) is 9.25. The number of ether oxygens (including phenoxy) is 1. The number of carbonyl (C=O) groups is 1. The van der Waals surface area contributed by atoms with Crippen LogP contribution in [0.5, 0.6) is 0 Å². The highest BCUT2D eigenvalue weighted by atomic mass is 16.6. The van der Waals surface area contributed by atoms with E-state index in [1.54, 1.807) is 0 Å². The van der Waals surface area contributed by atoms with Gasteiger partial charge in [0.2, 0.25) is 0 Å². The Kier molecular flexibility index (Phi) is 6.97. The summed E-state index contributed by atoms with van der Waals surface area (Å²) in [4.78, 5) is 22.5. The van der Waals surface area contributed by atoms with Gasteiger partial charge in [-0.15, -0.1) is 0 Å². The van der Waals surface area contributed by atoms with E-state index in [2.05, 4.69) is 17.9 Å². The van der Waals surface area contributed by atoms with Crippen LogP contribution in [-0.2, 0) is 4.74 Å². The van der Waals surface area contributed by atoms with Crippen molar-refractivity contribution < 1.29 is 9.53 Å². The molecule has 1 aliphatic heterocycles. The molecule has 1 saturated carbocycles. The predicted octanol–water partition coefficient (Wildman–Crippen LogP) is 5.70. The van der Waals surface area contributed by atoms with E-state index in [9.17, 15) is 4.79 Å². The lowest BCUT2D eigenvalue weighted by atomic mass is 9.92. The molecular weight excluding hydrogens is 350 g/mol. The lowest BCUT2D eigenvalue weighted by molar-refractivity contribution is 0.0555. The molecular formula is C23H37N3O2. The summed E-state index contributed by atoms with van der Waals surface area (Å²) < 4.78 is 5.84.